The number of hydrogen-bond acceptors (Lipinski definition) is 1. The van der Waals surface area contributed by atoms with Crippen molar-refractivity contribution < 1.29 is 0 Å². The molecule has 1 rings (SSSR count). The summed E-state index contributed by atoms with van der Waals surface area (Å²) in [6.45, 7) is 5.75. The van der Waals surface area contributed by atoms with Crippen molar-refractivity contribution in [3.05, 3.63) is 11.6 Å². The first-order valence-electron chi connectivity index (χ1n) is 4.60. The fraction of sp³-hybridized carbons (Fsp3) is 0.800. The van der Waals surface area contributed by atoms with Gasteiger partial charge in [-0.1, -0.05) is 18.6 Å². The molecule has 0 saturated carbocycles. The van der Waals surface area contributed by atoms with Crippen LogP contribution in [-0.4, -0.2) is 24.5 Å². The van der Waals surface area contributed by atoms with Gasteiger partial charge in [0.2, 0.25) is 0 Å². The number of likely N-dealkylation sites (N-methyl/N-ethyl adjacent to an activating group) is 1. The number of nitrogens with zero attached hydrogens (tertiary/aromatic N) is 1. The third kappa shape index (κ3) is 3.06. The van der Waals surface area contributed by atoms with E-state index in [0.717, 1.165) is 6.04 Å². The quantitative estimate of drug-likeness (QED) is 0.443. The second kappa shape index (κ2) is 3.91. The van der Waals surface area contributed by atoms with Crippen molar-refractivity contribution >= 4 is 0 Å². The van der Waals surface area contributed by atoms with Gasteiger partial charge < -0.3 is 4.90 Å². The van der Waals surface area contributed by atoms with Crippen molar-refractivity contribution in [1.82, 2.24) is 4.90 Å². The van der Waals surface area contributed by atoms with E-state index >= 15 is 0 Å². The van der Waals surface area contributed by atoms with Crippen LogP contribution in [0.4, 0.5) is 0 Å². The highest BCUT2D eigenvalue weighted by Gasteiger charge is 2.27. The molecule has 0 aromatic heterocycles. The van der Waals surface area contributed by atoms with Crippen molar-refractivity contribution in [3.8, 4) is 0 Å². The summed E-state index contributed by atoms with van der Waals surface area (Å²) >= 11 is 0. The van der Waals surface area contributed by atoms with Crippen LogP contribution >= 0.6 is 0 Å². The zero-order chi connectivity index (χ0) is 8.27. The number of rotatable bonds is 4. The standard InChI is InChI=1S/C10H19N/c1-4-9(2)6-5-7-10-8-11(10)3/h6,10H,4-5,7-8H2,1-3H3/b9-6-. The maximum Gasteiger partial charge on any atom is 0.0223 e. The molecule has 0 aromatic carbocycles. The number of allylic oxidation sites excluding steroid dienone is 2. The number of hydrogen-bond donors (Lipinski definition) is 0. The van der Waals surface area contributed by atoms with Gasteiger partial charge in [0.05, 0.1) is 0 Å². The van der Waals surface area contributed by atoms with E-state index in [1.807, 2.05) is 0 Å². The summed E-state index contributed by atoms with van der Waals surface area (Å²) in [7, 11) is 2.20. The van der Waals surface area contributed by atoms with Crippen LogP contribution < -0.4 is 0 Å². The molecule has 0 N–H and O–H groups in total. The molecule has 1 saturated heterocycles. The highest BCUT2D eigenvalue weighted by atomic mass is 15.3. The lowest BCUT2D eigenvalue weighted by atomic mass is 10.1. The zero-order valence-electron chi connectivity index (χ0n) is 7.93. The van der Waals surface area contributed by atoms with E-state index in [4.69, 9.17) is 0 Å². The molecule has 64 valence electrons. The minimum atomic E-state index is 0.899. The Bertz CT molecular complexity index is 149. The molecule has 0 bridgehead atoms. The van der Waals surface area contributed by atoms with E-state index in [0.29, 0.717) is 0 Å². The van der Waals surface area contributed by atoms with Crippen molar-refractivity contribution in [1.29, 1.82) is 0 Å². The predicted molar refractivity (Wildman–Crippen MR) is 49.7 cm³/mol. The van der Waals surface area contributed by atoms with Crippen LogP contribution in [0.5, 0.6) is 0 Å². The summed E-state index contributed by atoms with van der Waals surface area (Å²) in [4.78, 5) is 2.40. The summed E-state index contributed by atoms with van der Waals surface area (Å²) in [5.41, 5.74) is 1.54. The van der Waals surface area contributed by atoms with Gasteiger partial charge in [-0.15, -0.1) is 0 Å². The Morgan fingerprint density at radius 3 is 2.73 bits per heavy atom. The third-order valence-electron chi connectivity index (χ3n) is 2.54. The Labute approximate surface area is 70.1 Å². The molecule has 1 fully saturated rings. The molecule has 1 nitrogen and oxygen atoms in total. The summed E-state index contributed by atoms with van der Waals surface area (Å²) < 4.78 is 0. The third-order valence-corrected chi connectivity index (χ3v) is 2.54. The Morgan fingerprint density at radius 1 is 1.64 bits per heavy atom. The summed E-state index contributed by atoms with van der Waals surface area (Å²) in [6.07, 6.45) is 6.22. The first-order chi connectivity index (χ1) is 5.24. The molecule has 0 spiro atoms. The smallest absolute Gasteiger partial charge is 0.0223 e. The van der Waals surface area contributed by atoms with Gasteiger partial charge >= 0.3 is 0 Å². The van der Waals surface area contributed by atoms with Crippen molar-refractivity contribution in [2.45, 2.75) is 39.2 Å². The Balaban J connectivity index is 2.04. The summed E-state index contributed by atoms with van der Waals surface area (Å²) in [5.74, 6) is 0. The normalized spacial score (nSPS) is 30.6. The molecule has 1 aliphatic rings. The predicted octanol–water partition coefficient (Wildman–Crippen LogP) is 2.44. The second-order valence-electron chi connectivity index (χ2n) is 3.57. The van der Waals surface area contributed by atoms with E-state index < -0.39 is 0 Å². The van der Waals surface area contributed by atoms with E-state index in [9.17, 15) is 0 Å². The van der Waals surface area contributed by atoms with Crippen LogP contribution in [0, 0.1) is 0 Å². The van der Waals surface area contributed by atoms with Crippen LogP contribution in [0.3, 0.4) is 0 Å². The lowest BCUT2D eigenvalue weighted by Crippen LogP contribution is -1.92. The van der Waals surface area contributed by atoms with Gasteiger partial charge in [0.25, 0.3) is 0 Å². The van der Waals surface area contributed by atoms with Gasteiger partial charge in [-0.2, -0.15) is 0 Å². The van der Waals surface area contributed by atoms with Crippen LogP contribution in [0.25, 0.3) is 0 Å². The molecule has 2 unspecified atom stereocenters. The van der Waals surface area contributed by atoms with E-state index in [2.05, 4.69) is 31.9 Å². The van der Waals surface area contributed by atoms with Crippen LogP contribution in [0.2, 0.25) is 0 Å². The molecule has 0 radical (unpaired) electrons. The first kappa shape index (κ1) is 8.79. The van der Waals surface area contributed by atoms with Crippen LogP contribution in [0.1, 0.15) is 33.1 Å². The van der Waals surface area contributed by atoms with Gasteiger partial charge in [0.1, 0.15) is 0 Å². The molecule has 1 aliphatic heterocycles. The van der Waals surface area contributed by atoms with E-state index in [1.165, 1.54) is 31.4 Å². The second-order valence-corrected chi connectivity index (χ2v) is 3.57. The highest BCUT2D eigenvalue weighted by molar-refractivity contribution is 4.98. The first-order valence-corrected chi connectivity index (χ1v) is 4.60. The lowest BCUT2D eigenvalue weighted by molar-refractivity contribution is 0.590. The van der Waals surface area contributed by atoms with Gasteiger partial charge in [0, 0.05) is 12.6 Å². The maximum atomic E-state index is 2.40. The summed E-state index contributed by atoms with van der Waals surface area (Å²) in [6, 6.07) is 0.899. The molecule has 2 atom stereocenters. The molecule has 1 heterocycles. The SMILES string of the molecule is CC/C(C)=C\CCC1CN1C. The molecule has 0 aromatic rings. The fourth-order valence-electron chi connectivity index (χ4n) is 1.26. The zero-order valence-corrected chi connectivity index (χ0v) is 7.93. The topological polar surface area (TPSA) is 3.01 Å². The highest BCUT2D eigenvalue weighted by Crippen LogP contribution is 2.19. The average Bonchev–Trinajstić information content (AvgIpc) is 2.66. The average molecular weight is 153 g/mol. The van der Waals surface area contributed by atoms with Gasteiger partial charge in [-0.25, -0.2) is 0 Å². The summed E-state index contributed by atoms with van der Waals surface area (Å²) in [5, 5.41) is 0. The Kier molecular flexibility index (Phi) is 3.13. The monoisotopic (exact) mass is 153 g/mol. The van der Waals surface area contributed by atoms with Crippen molar-refractivity contribution in [2.24, 2.45) is 0 Å². The van der Waals surface area contributed by atoms with Gasteiger partial charge in [-0.05, 0) is 33.2 Å². The molecule has 0 amide bonds. The van der Waals surface area contributed by atoms with E-state index in [1.54, 1.807) is 0 Å². The van der Waals surface area contributed by atoms with Crippen LogP contribution in [0.15, 0.2) is 11.6 Å². The van der Waals surface area contributed by atoms with E-state index in [-0.39, 0.29) is 0 Å². The minimum absolute atomic E-state index is 0.899. The minimum Gasteiger partial charge on any atom is -0.301 e. The van der Waals surface area contributed by atoms with Gasteiger partial charge in [-0.3, -0.25) is 0 Å². The van der Waals surface area contributed by atoms with Crippen molar-refractivity contribution in [3.63, 3.8) is 0 Å². The maximum absolute atomic E-state index is 2.40. The molecular formula is C10H19N. The molecular weight excluding hydrogens is 134 g/mol. The largest absolute Gasteiger partial charge is 0.301 e. The molecule has 0 aliphatic carbocycles. The Morgan fingerprint density at radius 2 is 2.27 bits per heavy atom. The fourth-order valence-corrected chi connectivity index (χ4v) is 1.26. The molecule has 1 heteroatoms. The van der Waals surface area contributed by atoms with Crippen LogP contribution in [-0.2, 0) is 0 Å². The lowest BCUT2D eigenvalue weighted by Gasteiger charge is -1.95. The van der Waals surface area contributed by atoms with Crippen molar-refractivity contribution in [2.75, 3.05) is 13.6 Å². The Hall–Kier alpha value is -0.300. The molecule has 11 heavy (non-hydrogen) atoms. The van der Waals surface area contributed by atoms with Gasteiger partial charge in [0.15, 0.2) is 0 Å².